The molecule has 0 atom stereocenters. The number of aryl methyl sites for hydroxylation is 2. The largest absolute Gasteiger partial charge is 0.494 e. The topological polar surface area (TPSA) is 236 Å². The van der Waals surface area contributed by atoms with E-state index in [9.17, 15) is 19.2 Å². The van der Waals surface area contributed by atoms with Gasteiger partial charge in [-0.05, 0) is 70.7 Å². The molecule has 0 aliphatic carbocycles. The maximum Gasteiger partial charge on any atom is 0.270 e. The van der Waals surface area contributed by atoms with Gasteiger partial charge in [0.25, 0.3) is 5.91 Å². The zero-order valence-corrected chi connectivity index (χ0v) is 34.0. The van der Waals surface area contributed by atoms with Gasteiger partial charge in [0.2, 0.25) is 5.91 Å². The normalized spacial score (nSPS) is 11.5. The van der Waals surface area contributed by atoms with Crippen LogP contribution in [-0.2, 0) is 11.3 Å². The molecule has 2 amide bonds. The summed E-state index contributed by atoms with van der Waals surface area (Å²) in [6, 6.07) is 8.02. The Kier molecular flexibility index (Phi) is 19.3. The monoisotopic (exact) mass is 810 g/mol. The van der Waals surface area contributed by atoms with Gasteiger partial charge in [-0.15, -0.1) is 0 Å². The smallest absolute Gasteiger partial charge is 0.270 e. The van der Waals surface area contributed by atoms with Crippen LogP contribution in [0.3, 0.4) is 0 Å². The van der Waals surface area contributed by atoms with Crippen LogP contribution in [0.5, 0.6) is 11.5 Å². The Balaban J connectivity index is 1.90. The molecule has 314 valence electrons. The lowest BCUT2D eigenvalue weighted by Gasteiger charge is -2.28. The van der Waals surface area contributed by atoms with Gasteiger partial charge in [0.1, 0.15) is 47.7 Å². The minimum Gasteiger partial charge on any atom is -0.494 e. The van der Waals surface area contributed by atoms with Crippen LogP contribution in [0, 0.1) is 6.92 Å². The van der Waals surface area contributed by atoms with E-state index in [1.807, 2.05) is 35.8 Å². The SMILES string of the molecule is C=Nc1cc(C=O)cc(OC)c1N(C/C=C/CN(CNC)c1c(N=C)cc(C(N)=O)cc1OC/C=C/CN=C/C(=C\N)NCCC=O)CNC(=O)c1cc(C)nn1CC. The zero-order chi connectivity index (χ0) is 43.2. The van der Waals surface area contributed by atoms with E-state index < -0.39 is 5.91 Å². The number of carbonyl (C=O) groups excluding carboxylic acids is 4. The number of rotatable bonds is 27. The van der Waals surface area contributed by atoms with Gasteiger partial charge in [0.15, 0.2) is 0 Å². The number of aliphatic imine (C=N–C) groups is 3. The van der Waals surface area contributed by atoms with Crippen molar-refractivity contribution in [3.05, 3.63) is 89.0 Å². The van der Waals surface area contributed by atoms with Crippen LogP contribution in [0.15, 0.2) is 81.5 Å². The Hall–Kier alpha value is -7.08. The minimum atomic E-state index is -0.659. The highest BCUT2D eigenvalue weighted by atomic mass is 16.5. The third-order valence-corrected chi connectivity index (χ3v) is 8.49. The summed E-state index contributed by atoms with van der Waals surface area (Å²) < 4.78 is 13.5. The number of nitrogens with zero attached hydrogens (tertiary/aromatic N) is 7. The molecule has 18 nitrogen and oxygen atoms in total. The fraction of sp³-hybridized carbons (Fsp3) is 0.317. The standard InChI is InChI=1S/C41H54N12O6/c1-7-53-35(19-29(2)50-53)41(57)49-28-52(38-33(45-4)20-30(26-55)21-36(38)58-6)16-10-9-15-51(27-44-3)39-34(46-5)22-31(40(43)56)23-37(39)59-18-11-8-13-47-25-32(24-42)48-14-12-17-54/h8-11,17,19-26,44,48H,4-5,7,12-16,18,27-28,42H2,1-3,6H3,(H2,43,56)(H,49,57)/b10-9+,11-8+,32-24+,47-25?. The molecule has 2 aromatic carbocycles. The van der Waals surface area contributed by atoms with Crippen molar-refractivity contribution in [2.75, 3.05) is 70.1 Å². The van der Waals surface area contributed by atoms with E-state index in [0.29, 0.717) is 102 Å². The van der Waals surface area contributed by atoms with Crippen molar-refractivity contribution in [1.29, 1.82) is 0 Å². The number of methoxy groups -OCH3 is 1. The predicted molar refractivity (Wildman–Crippen MR) is 233 cm³/mol. The van der Waals surface area contributed by atoms with Gasteiger partial charge in [0.05, 0.1) is 49.8 Å². The summed E-state index contributed by atoms with van der Waals surface area (Å²) in [5.41, 5.74) is 15.4. The van der Waals surface area contributed by atoms with Crippen molar-refractivity contribution >= 4 is 66.8 Å². The van der Waals surface area contributed by atoms with Gasteiger partial charge in [-0.25, -0.2) is 0 Å². The van der Waals surface area contributed by atoms with Crippen molar-refractivity contribution in [3.63, 3.8) is 0 Å². The number of amides is 2. The third-order valence-electron chi connectivity index (χ3n) is 8.49. The average molecular weight is 811 g/mol. The van der Waals surface area contributed by atoms with Crippen molar-refractivity contribution < 1.29 is 28.7 Å². The number of aldehydes is 2. The second kappa shape index (κ2) is 24.5. The molecule has 0 aliphatic rings. The third kappa shape index (κ3) is 13.5. The minimum absolute atomic E-state index is 0.0375. The van der Waals surface area contributed by atoms with Gasteiger partial charge in [-0.3, -0.25) is 34.0 Å². The lowest BCUT2D eigenvalue weighted by molar-refractivity contribution is -0.107. The van der Waals surface area contributed by atoms with Crippen molar-refractivity contribution in [1.82, 2.24) is 25.7 Å². The molecule has 3 rings (SSSR count). The summed E-state index contributed by atoms with van der Waals surface area (Å²) in [4.78, 5) is 64.4. The van der Waals surface area contributed by atoms with E-state index in [4.69, 9.17) is 20.9 Å². The van der Waals surface area contributed by atoms with E-state index in [0.717, 1.165) is 6.29 Å². The highest BCUT2D eigenvalue weighted by Crippen LogP contribution is 2.40. The molecule has 0 unspecified atom stereocenters. The first-order valence-corrected chi connectivity index (χ1v) is 18.7. The van der Waals surface area contributed by atoms with Crippen LogP contribution < -0.4 is 46.7 Å². The number of aromatic nitrogens is 2. The first-order valence-electron chi connectivity index (χ1n) is 18.7. The number of benzene rings is 2. The van der Waals surface area contributed by atoms with Crippen LogP contribution in [-0.4, -0.2) is 114 Å². The number of primary amides is 1. The molecular weight excluding hydrogens is 757 g/mol. The van der Waals surface area contributed by atoms with Crippen LogP contribution in [0.1, 0.15) is 50.2 Å². The summed E-state index contributed by atoms with van der Waals surface area (Å²) >= 11 is 0. The van der Waals surface area contributed by atoms with Crippen LogP contribution in [0.25, 0.3) is 0 Å². The second-order valence-corrected chi connectivity index (χ2v) is 12.6. The fourth-order valence-corrected chi connectivity index (χ4v) is 5.77. The molecular formula is C41H54N12O6. The molecule has 7 N–H and O–H groups in total. The van der Waals surface area contributed by atoms with Gasteiger partial charge in [-0.1, -0.05) is 18.2 Å². The highest BCUT2D eigenvalue weighted by Gasteiger charge is 2.22. The molecule has 0 spiro atoms. The number of ether oxygens (including phenoxy) is 2. The summed E-state index contributed by atoms with van der Waals surface area (Å²) in [6.45, 7) is 13.6. The molecule has 0 aliphatic heterocycles. The van der Waals surface area contributed by atoms with Crippen molar-refractivity contribution in [3.8, 4) is 11.5 Å². The Morgan fingerprint density at radius 3 is 2.25 bits per heavy atom. The molecule has 59 heavy (non-hydrogen) atoms. The Bertz CT molecular complexity index is 2060. The number of anilines is 2. The van der Waals surface area contributed by atoms with Crippen LogP contribution in [0.2, 0.25) is 0 Å². The van der Waals surface area contributed by atoms with E-state index in [1.54, 1.807) is 60.4 Å². The maximum atomic E-state index is 13.4. The summed E-state index contributed by atoms with van der Waals surface area (Å²) in [6.07, 6.45) is 12.2. The van der Waals surface area contributed by atoms with Gasteiger partial charge in [-0.2, -0.15) is 5.10 Å². The number of hydrogen-bond donors (Lipinski definition) is 5. The molecule has 18 heteroatoms. The van der Waals surface area contributed by atoms with E-state index in [1.165, 1.54) is 13.3 Å². The number of allylic oxidation sites excluding steroid dienone is 1. The van der Waals surface area contributed by atoms with Gasteiger partial charge in [0, 0.05) is 56.1 Å². The lowest BCUT2D eigenvalue weighted by Crippen LogP contribution is -2.39. The maximum absolute atomic E-state index is 13.4. The average Bonchev–Trinajstić information content (AvgIpc) is 3.64. The Morgan fingerprint density at radius 1 is 0.949 bits per heavy atom. The lowest BCUT2D eigenvalue weighted by atomic mass is 10.1. The first-order chi connectivity index (χ1) is 28.6. The fourth-order valence-electron chi connectivity index (χ4n) is 5.77. The van der Waals surface area contributed by atoms with Crippen molar-refractivity contribution in [2.24, 2.45) is 26.4 Å². The first kappa shape index (κ1) is 46.3. The number of nitrogens with two attached hydrogens (primary N) is 2. The molecule has 0 fully saturated rings. The van der Waals surface area contributed by atoms with Gasteiger partial charge >= 0.3 is 0 Å². The van der Waals surface area contributed by atoms with Crippen molar-refractivity contribution in [2.45, 2.75) is 26.8 Å². The molecule has 0 saturated heterocycles. The van der Waals surface area contributed by atoms with Crippen LogP contribution in [0.4, 0.5) is 22.7 Å². The zero-order valence-electron chi connectivity index (χ0n) is 34.0. The highest BCUT2D eigenvalue weighted by molar-refractivity contribution is 5.96. The Labute approximate surface area is 344 Å². The molecule has 1 heterocycles. The molecule has 0 bridgehead atoms. The number of hydrogen-bond acceptors (Lipinski definition) is 15. The van der Waals surface area contributed by atoms with Gasteiger partial charge < -0.3 is 51.5 Å². The summed E-state index contributed by atoms with van der Waals surface area (Å²) in [7, 11) is 3.27. The number of carbonyl (C=O) groups is 4. The summed E-state index contributed by atoms with van der Waals surface area (Å²) in [5.74, 6) is -0.270. The van der Waals surface area contributed by atoms with Crippen LogP contribution >= 0.6 is 0 Å². The number of nitrogens with one attached hydrogen (secondary N) is 3. The quantitative estimate of drug-likeness (QED) is 0.0246. The predicted octanol–water partition coefficient (Wildman–Crippen LogP) is 3.21. The van der Waals surface area contributed by atoms with E-state index >= 15 is 0 Å². The van der Waals surface area contributed by atoms with E-state index in [2.05, 4.69) is 49.5 Å². The molecule has 0 radical (unpaired) electrons. The van der Waals surface area contributed by atoms with E-state index in [-0.39, 0.29) is 31.3 Å². The molecule has 1 aromatic heterocycles. The summed E-state index contributed by atoms with van der Waals surface area (Å²) in [5, 5.41) is 13.5. The molecule has 3 aromatic rings. The molecule has 0 saturated carbocycles. The second-order valence-electron chi connectivity index (χ2n) is 12.6. The Morgan fingerprint density at radius 2 is 1.64 bits per heavy atom.